The van der Waals surface area contributed by atoms with E-state index in [9.17, 15) is 15.3 Å². The predicted molar refractivity (Wildman–Crippen MR) is 59.3 cm³/mol. The summed E-state index contributed by atoms with van der Waals surface area (Å²) in [6.07, 6.45) is 2.85. The van der Waals surface area contributed by atoms with E-state index in [0.717, 1.165) is 0 Å². The number of rotatable bonds is 2. The highest BCUT2D eigenvalue weighted by molar-refractivity contribution is 5.13. The van der Waals surface area contributed by atoms with Crippen LogP contribution in [0.4, 0.5) is 0 Å². The van der Waals surface area contributed by atoms with Gasteiger partial charge in [0.05, 0.1) is 17.8 Å². The minimum atomic E-state index is -0.895. The van der Waals surface area contributed by atoms with Gasteiger partial charge in [0.2, 0.25) is 0 Å². The number of hydrogen-bond donors (Lipinski definition) is 3. The third kappa shape index (κ3) is 2.41. The van der Waals surface area contributed by atoms with Crippen molar-refractivity contribution in [1.29, 1.82) is 0 Å². The maximum absolute atomic E-state index is 10.2. The first-order chi connectivity index (χ1) is 6.68. The smallest absolute Gasteiger partial charge is 0.0712 e. The first-order valence-corrected chi connectivity index (χ1v) is 5.45. The van der Waals surface area contributed by atoms with Gasteiger partial charge in [0.15, 0.2) is 0 Å². The first kappa shape index (κ1) is 12.7. The quantitative estimate of drug-likeness (QED) is 0.603. The Morgan fingerprint density at radius 2 is 1.87 bits per heavy atom. The van der Waals surface area contributed by atoms with Crippen LogP contribution in [-0.2, 0) is 0 Å². The zero-order valence-corrected chi connectivity index (χ0v) is 9.94. The van der Waals surface area contributed by atoms with Crippen LogP contribution in [0.2, 0.25) is 0 Å². The Balaban J connectivity index is 2.92. The number of aliphatic hydroxyl groups is 3. The Hall–Kier alpha value is -0.380. The van der Waals surface area contributed by atoms with Gasteiger partial charge >= 0.3 is 0 Å². The summed E-state index contributed by atoms with van der Waals surface area (Å²) in [7, 11) is 0. The molecule has 15 heavy (non-hydrogen) atoms. The average molecular weight is 214 g/mol. The van der Waals surface area contributed by atoms with Crippen LogP contribution in [0.5, 0.6) is 0 Å². The molecule has 1 rings (SSSR count). The lowest BCUT2D eigenvalue weighted by molar-refractivity contribution is 0.0182. The molecule has 0 radical (unpaired) electrons. The summed E-state index contributed by atoms with van der Waals surface area (Å²) in [6.45, 7) is 7.29. The molecule has 4 atom stereocenters. The van der Waals surface area contributed by atoms with Crippen molar-refractivity contribution in [3.05, 3.63) is 12.2 Å². The van der Waals surface area contributed by atoms with E-state index in [2.05, 4.69) is 0 Å². The van der Waals surface area contributed by atoms with Gasteiger partial charge in [-0.05, 0) is 19.3 Å². The summed E-state index contributed by atoms with van der Waals surface area (Å²) < 4.78 is 0. The summed E-state index contributed by atoms with van der Waals surface area (Å²) in [5.74, 6) is -0.130. The molecular weight excluding hydrogens is 192 g/mol. The first-order valence-electron chi connectivity index (χ1n) is 5.45. The van der Waals surface area contributed by atoms with Crippen molar-refractivity contribution in [2.75, 3.05) is 0 Å². The van der Waals surface area contributed by atoms with Crippen LogP contribution in [0, 0.1) is 11.3 Å². The Morgan fingerprint density at radius 1 is 1.33 bits per heavy atom. The summed E-state index contributed by atoms with van der Waals surface area (Å²) in [6, 6.07) is 0. The Labute approximate surface area is 91.4 Å². The van der Waals surface area contributed by atoms with Crippen LogP contribution in [0.1, 0.15) is 34.1 Å². The molecule has 0 aliphatic heterocycles. The largest absolute Gasteiger partial charge is 0.392 e. The van der Waals surface area contributed by atoms with Crippen molar-refractivity contribution < 1.29 is 15.3 Å². The van der Waals surface area contributed by atoms with E-state index < -0.39 is 17.8 Å². The van der Waals surface area contributed by atoms with Gasteiger partial charge < -0.3 is 15.3 Å². The highest BCUT2D eigenvalue weighted by atomic mass is 16.3. The van der Waals surface area contributed by atoms with Crippen LogP contribution in [0.15, 0.2) is 12.2 Å². The fraction of sp³-hybridized carbons (Fsp3) is 0.833. The van der Waals surface area contributed by atoms with E-state index in [1.807, 2.05) is 19.9 Å². The Bertz CT molecular complexity index is 254. The average Bonchev–Trinajstić information content (AvgIpc) is 2.15. The second-order valence-electron chi connectivity index (χ2n) is 5.50. The number of aliphatic hydroxyl groups excluding tert-OH is 2. The summed E-state index contributed by atoms with van der Waals surface area (Å²) >= 11 is 0. The van der Waals surface area contributed by atoms with Crippen molar-refractivity contribution in [3.63, 3.8) is 0 Å². The monoisotopic (exact) mass is 214 g/mol. The zero-order chi connectivity index (χ0) is 11.9. The molecule has 0 aromatic carbocycles. The highest BCUT2D eigenvalue weighted by Gasteiger charge is 2.53. The topological polar surface area (TPSA) is 60.7 Å². The lowest BCUT2D eigenvalue weighted by Gasteiger charge is -2.32. The molecule has 0 aromatic heterocycles. The molecule has 0 spiro atoms. The van der Waals surface area contributed by atoms with Crippen molar-refractivity contribution in [1.82, 2.24) is 0 Å². The van der Waals surface area contributed by atoms with Crippen molar-refractivity contribution in [3.8, 4) is 0 Å². The second-order valence-corrected chi connectivity index (χ2v) is 5.50. The highest BCUT2D eigenvalue weighted by Crippen LogP contribution is 2.49. The van der Waals surface area contributed by atoms with Gasteiger partial charge in [-0.25, -0.2) is 0 Å². The molecular formula is C12H22O3. The molecule has 1 aliphatic carbocycles. The van der Waals surface area contributed by atoms with Crippen LogP contribution in [0.3, 0.4) is 0 Å². The van der Waals surface area contributed by atoms with Gasteiger partial charge in [-0.1, -0.05) is 26.0 Å². The minimum absolute atomic E-state index is 0.130. The van der Waals surface area contributed by atoms with Crippen LogP contribution in [-0.4, -0.2) is 33.1 Å². The SMILES string of the molecule is CC(O)C=CC1C(C)(O)CC(O)C1(C)C. The third-order valence-corrected chi connectivity index (χ3v) is 3.52. The Morgan fingerprint density at radius 3 is 2.20 bits per heavy atom. The maximum atomic E-state index is 10.2. The molecule has 3 nitrogen and oxygen atoms in total. The van der Waals surface area contributed by atoms with Gasteiger partial charge in [-0.15, -0.1) is 0 Å². The van der Waals surface area contributed by atoms with Gasteiger partial charge in [0, 0.05) is 12.3 Å². The van der Waals surface area contributed by atoms with Crippen molar-refractivity contribution in [2.24, 2.45) is 11.3 Å². The lowest BCUT2D eigenvalue weighted by atomic mass is 9.76. The minimum Gasteiger partial charge on any atom is -0.392 e. The Kier molecular flexibility index (Phi) is 3.29. The van der Waals surface area contributed by atoms with Crippen LogP contribution in [0.25, 0.3) is 0 Å². The van der Waals surface area contributed by atoms with Gasteiger partial charge in [-0.2, -0.15) is 0 Å². The molecule has 0 saturated heterocycles. The van der Waals surface area contributed by atoms with E-state index in [1.165, 1.54) is 0 Å². The molecule has 3 N–H and O–H groups in total. The molecule has 0 heterocycles. The number of hydrogen-bond acceptors (Lipinski definition) is 3. The van der Waals surface area contributed by atoms with Gasteiger partial charge in [0.25, 0.3) is 0 Å². The van der Waals surface area contributed by atoms with Gasteiger partial charge in [0.1, 0.15) is 0 Å². The van der Waals surface area contributed by atoms with E-state index in [0.29, 0.717) is 6.42 Å². The normalized spacial score (nSPS) is 42.3. The molecule has 88 valence electrons. The lowest BCUT2D eigenvalue weighted by Crippen LogP contribution is -2.35. The van der Waals surface area contributed by atoms with E-state index in [1.54, 1.807) is 19.9 Å². The molecule has 0 amide bonds. The summed E-state index contributed by atoms with van der Waals surface area (Å²) in [4.78, 5) is 0. The zero-order valence-electron chi connectivity index (χ0n) is 9.94. The predicted octanol–water partition coefficient (Wildman–Crippen LogP) is 1.08. The molecule has 1 fully saturated rings. The van der Waals surface area contributed by atoms with E-state index in [-0.39, 0.29) is 11.3 Å². The molecule has 4 unspecified atom stereocenters. The standard InChI is InChI=1S/C12H22O3/c1-8(13)5-6-9-11(2,3)10(14)7-12(9,4)15/h5-6,8-10,13-15H,7H2,1-4H3. The molecule has 0 aromatic rings. The van der Waals surface area contributed by atoms with E-state index >= 15 is 0 Å². The molecule has 1 aliphatic rings. The van der Waals surface area contributed by atoms with Crippen LogP contribution >= 0.6 is 0 Å². The van der Waals surface area contributed by atoms with Gasteiger partial charge in [-0.3, -0.25) is 0 Å². The molecule has 3 heteroatoms. The van der Waals surface area contributed by atoms with Crippen LogP contribution < -0.4 is 0 Å². The van der Waals surface area contributed by atoms with E-state index in [4.69, 9.17) is 0 Å². The van der Waals surface area contributed by atoms with Crippen molar-refractivity contribution in [2.45, 2.75) is 51.9 Å². The molecule has 0 bridgehead atoms. The summed E-state index contributed by atoms with van der Waals surface area (Å²) in [5.41, 5.74) is -1.25. The second kappa shape index (κ2) is 3.89. The van der Waals surface area contributed by atoms with Crippen molar-refractivity contribution >= 4 is 0 Å². The third-order valence-electron chi connectivity index (χ3n) is 3.52. The summed E-state index contributed by atoms with van der Waals surface area (Å²) in [5, 5.41) is 29.2. The maximum Gasteiger partial charge on any atom is 0.0712 e. The molecule has 1 saturated carbocycles. The fourth-order valence-electron chi connectivity index (χ4n) is 2.52. The fourth-order valence-corrected chi connectivity index (χ4v) is 2.52.